The molecule has 0 radical (unpaired) electrons. The van der Waals surface area contributed by atoms with E-state index >= 15 is 0 Å². The number of benzene rings is 2. The van der Waals surface area contributed by atoms with Gasteiger partial charge in [-0.3, -0.25) is 0 Å². The number of rotatable bonds is 4. The molecule has 5 heteroatoms. The highest BCUT2D eigenvalue weighted by atomic mass is 19.1. The van der Waals surface area contributed by atoms with Gasteiger partial charge in [0.1, 0.15) is 12.4 Å². The third-order valence-electron chi connectivity index (χ3n) is 2.77. The summed E-state index contributed by atoms with van der Waals surface area (Å²) < 4.78 is 24.0. The Morgan fingerprint density at radius 2 is 1.76 bits per heavy atom. The summed E-state index contributed by atoms with van der Waals surface area (Å²) in [4.78, 5) is 0. The van der Waals surface area contributed by atoms with Crippen LogP contribution in [-0.2, 0) is 6.61 Å². The lowest BCUT2D eigenvalue weighted by Gasteiger charge is -2.11. The van der Waals surface area contributed by atoms with Gasteiger partial charge in [0.15, 0.2) is 11.5 Å². The molecule has 0 saturated carbocycles. The van der Waals surface area contributed by atoms with E-state index in [1.807, 2.05) is 12.1 Å². The predicted octanol–water partition coefficient (Wildman–Crippen LogP) is 3.16. The Morgan fingerprint density at radius 1 is 1.00 bits per heavy atom. The maximum absolute atomic E-state index is 13.3. The number of methoxy groups -OCH3 is 1. The Kier molecular flexibility index (Phi) is 4.38. The highest BCUT2D eigenvalue weighted by Gasteiger charge is 2.07. The van der Waals surface area contributed by atoms with Gasteiger partial charge >= 0.3 is 0 Å². The molecule has 0 spiro atoms. The quantitative estimate of drug-likeness (QED) is 0.864. The topological polar surface area (TPSA) is 66.0 Å². The van der Waals surface area contributed by atoms with Crippen molar-refractivity contribution in [2.45, 2.75) is 6.61 Å². The Bertz CT molecular complexity index is 745. The van der Waals surface area contributed by atoms with E-state index in [9.17, 15) is 4.39 Å². The molecular weight excluding hydrogens is 271 g/mol. The van der Waals surface area contributed by atoms with Gasteiger partial charge in [0.2, 0.25) is 0 Å². The average Bonchev–Trinajstić information content (AvgIpc) is 2.52. The summed E-state index contributed by atoms with van der Waals surface area (Å²) in [6.45, 7) is 0.0920. The minimum atomic E-state index is -0.487. The average molecular weight is 282 g/mol. The van der Waals surface area contributed by atoms with E-state index in [0.29, 0.717) is 22.6 Å². The molecule has 2 aromatic rings. The summed E-state index contributed by atoms with van der Waals surface area (Å²) in [5, 5.41) is 17.6. The van der Waals surface area contributed by atoms with Crippen molar-refractivity contribution in [3.8, 4) is 23.6 Å². The molecule has 0 atom stereocenters. The first-order chi connectivity index (χ1) is 10.2. The van der Waals surface area contributed by atoms with Crippen LogP contribution in [0.2, 0.25) is 0 Å². The molecule has 4 nitrogen and oxygen atoms in total. The second-order valence-corrected chi connectivity index (χ2v) is 4.23. The second-order valence-electron chi connectivity index (χ2n) is 4.23. The van der Waals surface area contributed by atoms with Crippen LogP contribution in [0.15, 0.2) is 36.4 Å². The van der Waals surface area contributed by atoms with Crippen molar-refractivity contribution in [1.29, 1.82) is 10.5 Å². The number of nitrogens with zero attached hydrogens (tertiary/aromatic N) is 2. The van der Waals surface area contributed by atoms with Gasteiger partial charge < -0.3 is 9.47 Å². The smallest absolute Gasteiger partial charge is 0.162 e. The summed E-state index contributed by atoms with van der Waals surface area (Å²) in [5.74, 6) is 0.379. The van der Waals surface area contributed by atoms with E-state index in [2.05, 4.69) is 0 Å². The SMILES string of the molecule is COc1cc(C#N)ccc1OCc1cc(F)cc(C#N)c1. The van der Waals surface area contributed by atoms with E-state index < -0.39 is 5.82 Å². The Hall–Kier alpha value is -3.05. The van der Waals surface area contributed by atoms with Crippen LogP contribution in [0.5, 0.6) is 11.5 Å². The summed E-state index contributed by atoms with van der Waals surface area (Å²) >= 11 is 0. The third kappa shape index (κ3) is 3.49. The molecular formula is C16H11FN2O2. The second kappa shape index (κ2) is 6.40. The molecule has 104 valence electrons. The van der Waals surface area contributed by atoms with Gasteiger partial charge in [-0.2, -0.15) is 10.5 Å². The molecule has 0 amide bonds. The Labute approximate surface area is 121 Å². The van der Waals surface area contributed by atoms with Crippen molar-refractivity contribution >= 4 is 0 Å². The van der Waals surface area contributed by atoms with Crippen LogP contribution in [0.4, 0.5) is 4.39 Å². The van der Waals surface area contributed by atoms with Crippen LogP contribution < -0.4 is 9.47 Å². The van der Waals surface area contributed by atoms with E-state index in [1.165, 1.54) is 13.2 Å². The molecule has 0 bridgehead atoms. The van der Waals surface area contributed by atoms with E-state index in [1.54, 1.807) is 24.3 Å². The van der Waals surface area contributed by atoms with E-state index in [-0.39, 0.29) is 12.2 Å². The summed E-state index contributed by atoms with van der Waals surface area (Å²) in [6, 6.07) is 12.7. The molecule has 0 aliphatic carbocycles. The molecule has 0 N–H and O–H groups in total. The van der Waals surface area contributed by atoms with Crippen molar-refractivity contribution in [2.75, 3.05) is 7.11 Å². The standard InChI is InChI=1S/C16H11FN2O2/c1-20-16-7-11(8-18)2-3-15(16)21-10-13-4-12(9-19)5-14(17)6-13/h2-7H,10H2,1H3. The van der Waals surface area contributed by atoms with Crippen molar-refractivity contribution in [3.63, 3.8) is 0 Å². The lowest BCUT2D eigenvalue weighted by molar-refractivity contribution is 0.284. The fourth-order valence-corrected chi connectivity index (χ4v) is 1.82. The highest BCUT2D eigenvalue weighted by Crippen LogP contribution is 2.28. The van der Waals surface area contributed by atoms with E-state index in [0.717, 1.165) is 6.07 Å². The monoisotopic (exact) mass is 282 g/mol. The molecule has 0 heterocycles. The molecule has 0 fully saturated rings. The lowest BCUT2D eigenvalue weighted by atomic mass is 10.1. The summed E-state index contributed by atoms with van der Waals surface area (Å²) in [5.41, 5.74) is 1.23. The van der Waals surface area contributed by atoms with Gasteiger partial charge in [0.05, 0.1) is 30.4 Å². The molecule has 2 aromatic carbocycles. The van der Waals surface area contributed by atoms with Crippen molar-refractivity contribution in [1.82, 2.24) is 0 Å². The first-order valence-corrected chi connectivity index (χ1v) is 6.07. The fraction of sp³-hybridized carbons (Fsp3) is 0.125. The van der Waals surface area contributed by atoms with Gasteiger partial charge in [-0.25, -0.2) is 4.39 Å². The van der Waals surface area contributed by atoms with Crippen LogP contribution in [0.25, 0.3) is 0 Å². The fourth-order valence-electron chi connectivity index (χ4n) is 1.82. The zero-order chi connectivity index (χ0) is 15.2. The minimum Gasteiger partial charge on any atom is -0.493 e. The maximum Gasteiger partial charge on any atom is 0.162 e. The lowest BCUT2D eigenvalue weighted by Crippen LogP contribution is -1.99. The normalized spacial score (nSPS) is 9.52. The Balaban J connectivity index is 2.19. The zero-order valence-electron chi connectivity index (χ0n) is 11.3. The first kappa shape index (κ1) is 14.4. The predicted molar refractivity (Wildman–Crippen MR) is 73.2 cm³/mol. The van der Waals surface area contributed by atoms with Crippen molar-refractivity contribution in [2.24, 2.45) is 0 Å². The van der Waals surface area contributed by atoms with Crippen LogP contribution in [-0.4, -0.2) is 7.11 Å². The van der Waals surface area contributed by atoms with Gasteiger partial charge in [0, 0.05) is 6.07 Å². The molecule has 0 aliphatic heterocycles. The highest BCUT2D eigenvalue weighted by molar-refractivity contribution is 5.46. The van der Waals surface area contributed by atoms with Crippen molar-refractivity contribution in [3.05, 3.63) is 58.9 Å². The van der Waals surface area contributed by atoms with Crippen molar-refractivity contribution < 1.29 is 13.9 Å². The first-order valence-electron chi connectivity index (χ1n) is 6.07. The van der Waals surface area contributed by atoms with Gasteiger partial charge in [-0.1, -0.05) is 0 Å². The van der Waals surface area contributed by atoms with Crippen LogP contribution in [0.3, 0.4) is 0 Å². The number of ether oxygens (including phenoxy) is 2. The maximum atomic E-state index is 13.3. The zero-order valence-corrected chi connectivity index (χ0v) is 11.3. The number of nitriles is 2. The number of hydrogen-bond donors (Lipinski definition) is 0. The largest absolute Gasteiger partial charge is 0.493 e. The Morgan fingerprint density at radius 3 is 2.43 bits per heavy atom. The molecule has 0 unspecified atom stereocenters. The molecule has 0 aromatic heterocycles. The van der Waals surface area contributed by atoms with E-state index in [4.69, 9.17) is 20.0 Å². The van der Waals surface area contributed by atoms with Crippen LogP contribution >= 0.6 is 0 Å². The summed E-state index contributed by atoms with van der Waals surface area (Å²) in [7, 11) is 1.47. The minimum absolute atomic E-state index is 0.0920. The van der Waals surface area contributed by atoms with Crippen LogP contribution in [0, 0.1) is 28.5 Å². The molecule has 0 saturated heterocycles. The van der Waals surface area contributed by atoms with Gasteiger partial charge in [-0.05, 0) is 35.9 Å². The van der Waals surface area contributed by atoms with Crippen LogP contribution in [0.1, 0.15) is 16.7 Å². The molecule has 21 heavy (non-hydrogen) atoms. The number of hydrogen-bond acceptors (Lipinski definition) is 4. The summed E-state index contributed by atoms with van der Waals surface area (Å²) in [6.07, 6.45) is 0. The van der Waals surface area contributed by atoms with Gasteiger partial charge in [-0.15, -0.1) is 0 Å². The third-order valence-corrected chi connectivity index (χ3v) is 2.77. The molecule has 0 aliphatic rings. The number of halogens is 1. The van der Waals surface area contributed by atoms with Gasteiger partial charge in [0.25, 0.3) is 0 Å². The molecule has 2 rings (SSSR count).